The third-order valence-electron chi connectivity index (χ3n) is 2.39. The molecule has 0 radical (unpaired) electrons. The summed E-state index contributed by atoms with van der Waals surface area (Å²) in [5.41, 5.74) is 2.99. The zero-order chi connectivity index (χ0) is 11.8. The number of carbonyl (C=O) groups is 1. The van der Waals surface area contributed by atoms with Crippen LogP contribution in [0.2, 0.25) is 0 Å². The predicted octanol–water partition coefficient (Wildman–Crippen LogP) is 2.77. The van der Waals surface area contributed by atoms with Gasteiger partial charge in [0.05, 0.1) is 17.8 Å². The average Bonchev–Trinajstić information content (AvgIpc) is 2.62. The summed E-state index contributed by atoms with van der Waals surface area (Å²) in [5, 5.41) is 0. The highest BCUT2D eigenvalue weighted by molar-refractivity contribution is 7.09. The van der Waals surface area contributed by atoms with Crippen molar-refractivity contribution >= 4 is 17.1 Å². The molecule has 0 aliphatic heterocycles. The number of ether oxygens (including phenoxy) is 1. The molecule has 3 nitrogen and oxygen atoms in total. The van der Waals surface area contributed by atoms with Gasteiger partial charge in [-0.3, -0.25) is 0 Å². The minimum atomic E-state index is 0.264. The summed E-state index contributed by atoms with van der Waals surface area (Å²) >= 11 is 1.69. The maximum atomic E-state index is 10.7. The quantitative estimate of drug-likeness (QED) is 0.657. The second-order valence-corrected chi connectivity index (χ2v) is 4.82. The number of carbonyl (C=O) groups excluding carboxylic acids is 1. The Labute approximate surface area is 101 Å². The first-order valence-corrected chi connectivity index (χ1v) is 6.54. The van der Waals surface area contributed by atoms with E-state index in [0.29, 0.717) is 6.42 Å². The van der Waals surface area contributed by atoms with Gasteiger partial charge in [0.15, 0.2) is 0 Å². The monoisotopic (exact) mass is 241 g/mol. The van der Waals surface area contributed by atoms with E-state index in [1.54, 1.807) is 18.3 Å². The molecule has 0 saturated heterocycles. The topological polar surface area (TPSA) is 39.2 Å². The lowest BCUT2D eigenvalue weighted by molar-refractivity contribution is -0.117. The van der Waals surface area contributed by atoms with Crippen LogP contribution in [0.1, 0.15) is 36.8 Å². The van der Waals surface area contributed by atoms with Crippen molar-refractivity contribution in [3.05, 3.63) is 16.1 Å². The smallest absolute Gasteiger partial charge is 0.129 e. The molecule has 0 bridgehead atoms. The lowest BCUT2D eigenvalue weighted by atomic mass is 10.2. The summed E-state index contributed by atoms with van der Waals surface area (Å²) < 4.78 is 5.51. The van der Waals surface area contributed by atoms with E-state index in [9.17, 15) is 4.79 Å². The number of unbranched alkanes of at least 4 members (excludes halogenated alkanes) is 1. The van der Waals surface area contributed by atoms with Crippen LogP contribution in [0.4, 0.5) is 0 Å². The molecule has 0 aliphatic rings. The first kappa shape index (κ1) is 13.3. The molecule has 16 heavy (non-hydrogen) atoms. The van der Waals surface area contributed by atoms with Gasteiger partial charge in [0.1, 0.15) is 5.78 Å². The zero-order valence-corrected chi connectivity index (χ0v) is 10.8. The summed E-state index contributed by atoms with van der Waals surface area (Å²) in [6.45, 7) is 5.17. The molecule has 0 aliphatic carbocycles. The Morgan fingerprint density at radius 2 is 2.25 bits per heavy atom. The third kappa shape index (κ3) is 5.37. The molecule has 0 saturated carbocycles. The number of hydrogen-bond donors (Lipinski definition) is 0. The number of rotatable bonds is 8. The van der Waals surface area contributed by atoms with Crippen molar-refractivity contribution in [3.63, 3.8) is 0 Å². The fraction of sp³-hybridized carbons (Fsp3) is 0.667. The summed E-state index contributed by atoms with van der Waals surface area (Å²) in [6, 6.07) is 0. The van der Waals surface area contributed by atoms with Crippen molar-refractivity contribution in [2.45, 2.75) is 39.5 Å². The van der Waals surface area contributed by atoms with Crippen LogP contribution in [0.3, 0.4) is 0 Å². The molecule has 0 fully saturated rings. The molecule has 4 heteroatoms. The molecule has 1 aromatic rings. The van der Waals surface area contributed by atoms with Gasteiger partial charge in [-0.15, -0.1) is 11.3 Å². The number of aryl methyl sites for hydroxylation is 1. The normalized spacial score (nSPS) is 10.6. The first-order valence-electron chi connectivity index (χ1n) is 5.66. The predicted molar refractivity (Wildman–Crippen MR) is 65.9 cm³/mol. The van der Waals surface area contributed by atoms with Crippen molar-refractivity contribution in [1.29, 1.82) is 0 Å². The number of aromatic nitrogens is 1. The Balaban J connectivity index is 1.96. The van der Waals surface area contributed by atoms with Gasteiger partial charge in [-0.1, -0.05) is 0 Å². The highest BCUT2D eigenvalue weighted by Gasteiger charge is 2.00. The van der Waals surface area contributed by atoms with Gasteiger partial charge in [0.25, 0.3) is 0 Å². The SMILES string of the molecule is CC(=O)CCCCOCCc1scnc1C. The second kappa shape index (κ2) is 7.52. The third-order valence-corrected chi connectivity index (χ3v) is 3.38. The molecule has 0 amide bonds. The summed E-state index contributed by atoms with van der Waals surface area (Å²) in [7, 11) is 0. The summed E-state index contributed by atoms with van der Waals surface area (Å²) in [4.78, 5) is 16.2. The van der Waals surface area contributed by atoms with E-state index >= 15 is 0 Å². The van der Waals surface area contributed by atoms with Gasteiger partial charge in [0.2, 0.25) is 0 Å². The molecule has 90 valence electrons. The molecule has 0 aromatic carbocycles. The van der Waals surface area contributed by atoms with Crippen molar-refractivity contribution in [2.24, 2.45) is 0 Å². The van der Waals surface area contributed by atoms with Gasteiger partial charge in [-0.05, 0) is 26.7 Å². The molecule has 1 aromatic heterocycles. The Morgan fingerprint density at radius 1 is 1.44 bits per heavy atom. The van der Waals surface area contributed by atoms with E-state index in [4.69, 9.17) is 4.74 Å². The maximum Gasteiger partial charge on any atom is 0.129 e. The van der Waals surface area contributed by atoms with Crippen molar-refractivity contribution in [2.75, 3.05) is 13.2 Å². The molecular formula is C12H19NO2S. The summed E-state index contributed by atoms with van der Waals surface area (Å²) in [5.74, 6) is 0.264. The van der Waals surface area contributed by atoms with Crippen molar-refractivity contribution < 1.29 is 9.53 Å². The number of nitrogens with zero attached hydrogens (tertiary/aromatic N) is 1. The van der Waals surface area contributed by atoms with Gasteiger partial charge in [-0.25, -0.2) is 4.98 Å². The van der Waals surface area contributed by atoms with Crippen LogP contribution in [-0.4, -0.2) is 24.0 Å². The van der Waals surface area contributed by atoms with Crippen LogP contribution in [0.5, 0.6) is 0 Å². The van der Waals surface area contributed by atoms with Gasteiger partial charge in [-0.2, -0.15) is 0 Å². The number of thiazole rings is 1. The van der Waals surface area contributed by atoms with E-state index in [1.165, 1.54) is 4.88 Å². The minimum absolute atomic E-state index is 0.264. The first-order chi connectivity index (χ1) is 7.70. The number of hydrogen-bond acceptors (Lipinski definition) is 4. The van der Waals surface area contributed by atoms with Crippen molar-refractivity contribution in [3.8, 4) is 0 Å². The van der Waals surface area contributed by atoms with Gasteiger partial charge >= 0.3 is 0 Å². The fourth-order valence-corrected chi connectivity index (χ4v) is 2.17. The molecule has 0 spiro atoms. The molecule has 0 N–H and O–H groups in total. The maximum absolute atomic E-state index is 10.7. The highest BCUT2D eigenvalue weighted by Crippen LogP contribution is 2.12. The Bertz CT molecular complexity index is 323. The molecular weight excluding hydrogens is 222 g/mol. The molecule has 0 unspecified atom stereocenters. The molecule has 0 atom stereocenters. The van der Waals surface area contributed by atoms with Crippen LogP contribution in [0, 0.1) is 6.92 Å². The standard InChI is InChI=1S/C12H19NO2S/c1-10(14)5-3-4-7-15-8-6-12-11(2)13-9-16-12/h9H,3-8H2,1-2H3. The van der Waals surface area contributed by atoms with Crippen LogP contribution in [0.15, 0.2) is 5.51 Å². The Hall–Kier alpha value is -0.740. The van der Waals surface area contributed by atoms with E-state index in [2.05, 4.69) is 4.98 Å². The fourth-order valence-electron chi connectivity index (χ4n) is 1.41. The Morgan fingerprint density at radius 3 is 2.88 bits per heavy atom. The van der Waals surface area contributed by atoms with Gasteiger partial charge < -0.3 is 9.53 Å². The van der Waals surface area contributed by atoms with Crippen LogP contribution < -0.4 is 0 Å². The largest absolute Gasteiger partial charge is 0.381 e. The lowest BCUT2D eigenvalue weighted by Crippen LogP contribution is -2.01. The molecule has 1 rings (SSSR count). The van der Waals surface area contributed by atoms with Gasteiger partial charge in [0, 0.05) is 24.3 Å². The van der Waals surface area contributed by atoms with Crippen molar-refractivity contribution in [1.82, 2.24) is 4.98 Å². The van der Waals surface area contributed by atoms with Crippen LogP contribution in [0.25, 0.3) is 0 Å². The minimum Gasteiger partial charge on any atom is -0.381 e. The Kier molecular flexibility index (Phi) is 6.26. The van der Waals surface area contributed by atoms with E-state index in [-0.39, 0.29) is 5.78 Å². The van der Waals surface area contributed by atoms with Crippen LogP contribution in [-0.2, 0) is 16.0 Å². The molecule has 1 heterocycles. The van der Waals surface area contributed by atoms with E-state index < -0.39 is 0 Å². The highest BCUT2D eigenvalue weighted by atomic mass is 32.1. The second-order valence-electron chi connectivity index (χ2n) is 3.88. The number of Topliss-reactive ketones (excluding diaryl/α,β-unsaturated/α-hetero) is 1. The van der Waals surface area contributed by atoms with Crippen LogP contribution >= 0.6 is 11.3 Å². The van der Waals surface area contributed by atoms with E-state index in [1.807, 2.05) is 12.4 Å². The van der Waals surface area contributed by atoms with E-state index in [0.717, 1.165) is 38.2 Å². The summed E-state index contributed by atoms with van der Waals surface area (Å²) in [6.07, 6.45) is 3.54. The average molecular weight is 241 g/mol. The number of ketones is 1. The zero-order valence-electron chi connectivity index (χ0n) is 9.99. The lowest BCUT2D eigenvalue weighted by Gasteiger charge is -2.02.